The van der Waals surface area contributed by atoms with Gasteiger partial charge in [-0.25, -0.2) is 12.7 Å². The summed E-state index contributed by atoms with van der Waals surface area (Å²) in [7, 11) is -1.17. The minimum Gasteiger partial charge on any atom is -0.304 e. The number of alkyl halides is 1. The molecule has 2 fully saturated rings. The van der Waals surface area contributed by atoms with Gasteiger partial charge in [-0.3, -0.25) is 9.29 Å². The van der Waals surface area contributed by atoms with Crippen LogP contribution >= 0.6 is 0 Å². The van der Waals surface area contributed by atoms with E-state index in [1.165, 1.54) is 0 Å². The molecule has 2 heterocycles. The fourth-order valence-corrected chi connectivity index (χ4v) is 4.73. The van der Waals surface area contributed by atoms with Crippen LogP contribution in [0.25, 0.3) is 0 Å². The van der Waals surface area contributed by atoms with E-state index in [0.717, 1.165) is 45.4 Å². The van der Waals surface area contributed by atoms with Gasteiger partial charge in [-0.15, -0.1) is 0 Å². The maximum atomic E-state index is 12.3. The Bertz CT molecular complexity index is 410. The summed E-state index contributed by atoms with van der Waals surface area (Å²) in [5, 5.41) is 0. The van der Waals surface area contributed by atoms with Crippen LogP contribution < -0.4 is 0 Å². The molecule has 124 valence electrons. The first kappa shape index (κ1) is 17.1. The molecule has 0 N–H and O–H groups in total. The van der Waals surface area contributed by atoms with Crippen molar-refractivity contribution in [3.05, 3.63) is 0 Å². The first-order valence-electron chi connectivity index (χ1n) is 7.99. The van der Waals surface area contributed by atoms with Crippen LogP contribution in [0, 0.1) is 0 Å². The maximum Gasteiger partial charge on any atom is 0.214 e. The molecule has 2 rings (SSSR count). The van der Waals surface area contributed by atoms with Crippen molar-refractivity contribution in [1.82, 2.24) is 14.1 Å². The molecule has 21 heavy (non-hydrogen) atoms. The second-order valence-corrected chi connectivity index (χ2v) is 8.29. The third kappa shape index (κ3) is 4.87. The van der Waals surface area contributed by atoms with Crippen LogP contribution in [0.2, 0.25) is 0 Å². The summed E-state index contributed by atoms with van der Waals surface area (Å²) in [5.41, 5.74) is 0. The summed E-state index contributed by atoms with van der Waals surface area (Å²) in [6.45, 7) is 4.74. The highest BCUT2D eigenvalue weighted by atomic mass is 32.2. The van der Waals surface area contributed by atoms with E-state index in [0.29, 0.717) is 19.1 Å². The van der Waals surface area contributed by atoms with Crippen molar-refractivity contribution in [3.8, 4) is 0 Å². The number of sulfonamides is 1. The number of nitrogens with zero attached hydrogens (tertiary/aromatic N) is 3. The molecule has 0 saturated carbocycles. The van der Waals surface area contributed by atoms with Crippen molar-refractivity contribution in [1.29, 1.82) is 0 Å². The highest BCUT2D eigenvalue weighted by Crippen LogP contribution is 2.20. The Morgan fingerprint density at radius 2 is 1.81 bits per heavy atom. The predicted molar refractivity (Wildman–Crippen MR) is 82.7 cm³/mol. The molecule has 0 aliphatic carbocycles. The monoisotopic (exact) mass is 321 g/mol. The van der Waals surface area contributed by atoms with E-state index < -0.39 is 16.7 Å². The molecule has 0 aromatic heterocycles. The lowest BCUT2D eigenvalue weighted by atomic mass is 10.1. The molecular weight excluding hydrogens is 293 g/mol. The Hall–Kier alpha value is -0.240. The van der Waals surface area contributed by atoms with Gasteiger partial charge in [0.15, 0.2) is 0 Å². The van der Waals surface area contributed by atoms with E-state index in [4.69, 9.17) is 0 Å². The van der Waals surface area contributed by atoms with Gasteiger partial charge in [0.2, 0.25) is 10.0 Å². The second kappa shape index (κ2) is 7.85. The molecule has 0 amide bonds. The largest absolute Gasteiger partial charge is 0.304 e. The van der Waals surface area contributed by atoms with Crippen LogP contribution in [0.1, 0.15) is 25.7 Å². The lowest BCUT2D eigenvalue weighted by molar-refractivity contribution is 0.100. The van der Waals surface area contributed by atoms with E-state index in [2.05, 4.69) is 16.8 Å². The second-order valence-electron chi connectivity index (χ2n) is 6.21. The molecule has 2 aliphatic rings. The number of piperazine rings is 1. The average molecular weight is 321 g/mol. The highest BCUT2D eigenvalue weighted by Gasteiger charge is 2.30. The lowest BCUT2D eigenvalue weighted by Gasteiger charge is -2.38. The Labute approximate surface area is 128 Å². The summed E-state index contributed by atoms with van der Waals surface area (Å²) in [5.74, 6) is -0.0566. The Kier molecular flexibility index (Phi) is 6.40. The fraction of sp³-hybridized carbons (Fsp3) is 1.00. The van der Waals surface area contributed by atoms with Crippen LogP contribution in [0.4, 0.5) is 4.39 Å². The van der Waals surface area contributed by atoms with Gasteiger partial charge in [-0.05, 0) is 26.3 Å². The van der Waals surface area contributed by atoms with E-state index in [1.54, 1.807) is 4.31 Å². The number of rotatable bonds is 5. The lowest BCUT2D eigenvalue weighted by Crippen LogP contribution is -2.52. The summed E-state index contributed by atoms with van der Waals surface area (Å²) in [6.07, 6.45) is 3.17. The van der Waals surface area contributed by atoms with Gasteiger partial charge in [-0.1, -0.05) is 6.42 Å². The zero-order valence-electron chi connectivity index (χ0n) is 13.0. The van der Waals surface area contributed by atoms with Gasteiger partial charge in [0.1, 0.15) is 0 Å². The van der Waals surface area contributed by atoms with E-state index in [9.17, 15) is 12.8 Å². The molecule has 1 unspecified atom stereocenters. The Balaban J connectivity index is 1.97. The molecule has 2 saturated heterocycles. The first-order chi connectivity index (χ1) is 10.0. The minimum atomic E-state index is -3.29. The normalized spacial score (nSPS) is 27.6. The smallest absolute Gasteiger partial charge is 0.214 e. The summed E-state index contributed by atoms with van der Waals surface area (Å²) >= 11 is 0. The van der Waals surface area contributed by atoms with Crippen LogP contribution in [-0.4, -0.2) is 87.3 Å². The number of hydrogen-bond acceptors (Lipinski definition) is 4. The van der Waals surface area contributed by atoms with Gasteiger partial charge < -0.3 is 4.90 Å². The van der Waals surface area contributed by atoms with Crippen molar-refractivity contribution < 1.29 is 12.8 Å². The topological polar surface area (TPSA) is 43.9 Å². The quantitative estimate of drug-likeness (QED) is 0.750. The molecule has 0 aromatic carbocycles. The predicted octanol–water partition coefficient (Wildman–Crippen LogP) is 0.778. The Morgan fingerprint density at radius 3 is 2.48 bits per heavy atom. The van der Waals surface area contributed by atoms with Crippen molar-refractivity contribution in [2.75, 3.05) is 58.7 Å². The maximum absolute atomic E-state index is 12.3. The molecule has 2 aliphatic heterocycles. The van der Waals surface area contributed by atoms with E-state index in [1.807, 2.05) is 0 Å². The van der Waals surface area contributed by atoms with Crippen molar-refractivity contribution in [2.24, 2.45) is 0 Å². The van der Waals surface area contributed by atoms with Crippen LogP contribution in [-0.2, 0) is 10.0 Å². The van der Waals surface area contributed by atoms with Gasteiger partial charge in [0.05, 0.1) is 12.4 Å². The standard InChI is InChI=1S/C14H28FN3O2S/c1-16-8-10-17(11-9-16)14-5-2-3-7-18(13-14)21(19,20)12-4-6-15/h14H,2-13H2,1H3. The third-order valence-corrected chi connectivity index (χ3v) is 6.52. The molecule has 5 nitrogen and oxygen atoms in total. The number of likely N-dealkylation sites (N-methyl/N-ethyl adjacent to an activating group) is 1. The number of halogens is 1. The van der Waals surface area contributed by atoms with Gasteiger partial charge in [0.25, 0.3) is 0 Å². The molecule has 1 atom stereocenters. The minimum absolute atomic E-state index is 0.0566. The van der Waals surface area contributed by atoms with Crippen LogP contribution in [0.15, 0.2) is 0 Å². The molecule has 0 aromatic rings. The van der Waals surface area contributed by atoms with Gasteiger partial charge in [0, 0.05) is 45.3 Å². The van der Waals surface area contributed by atoms with Gasteiger partial charge in [-0.2, -0.15) is 0 Å². The molecule has 0 bridgehead atoms. The zero-order valence-corrected chi connectivity index (χ0v) is 13.8. The van der Waals surface area contributed by atoms with Crippen molar-refractivity contribution in [2.45, 2.75) is 31.7 Å². The number of hydrogen-bond donors (Lipinski definition) is 0. The molecule has 0 spiro atoms. The average Bonchev–Trinajstić information content (AvgIpc) is 2.72. The molecule has 0 radical (unpaired) electrons. The molecular formula is C14H28FN3O2S. The van der Waals surface area contributed by atoms with Crippen molar-refractivity contribution in [3.63, 3.8) is 0 Å². The SMILES string of the molecule is CN1CCN(C2CCCCN(S(=O)(=O)CCCF)C2)CC1. The summed E-state index contributed by atoms with van der Waals surface area (Å²) < 4.78 is 38.5. The van der Waals surface area contributed by atoms with Gasteiger partial charge >= 0.3 is 0 Å². The Morgan fingerprint density at radius 1 is 1.10 bits per heavy atom. The van der Waals surface area contributed by atoms with E-state index >= 15 is 0 Å². The summed E-state index contributed by atoms with van der Waals surface area (Å²) in [6, 6.07) is 0.321. The first-order valence-corrected chi connectivity index (χ1v) is 9.60. The van der Waals surface area contributed by atoms with Crippen LogP contribution in [0.3, 0.4) is 0 Å². The summed E-state index contributed by atoms with van der Waals surface area (Å²) in [4.78, 5) is 4.74. The van der Waals surface area contributed by atoms with Crippen LogP contribution in [0.5, 0.6) is 0 Å². The van der Waals surface area contributed by atoms with E-state index in [-0.39, 0.29) is 12.2 Å². The van der Waals surface area contributed by atoms with Crippen molar-refractivity contribution >= 4 is 10.0 Å². The molecule has 7 heteroatoms. The highest BCUT2D eigenvalue weighted by molar-refractivity contribution is 7.89. The third-order valence-electron chi connectivity index (χ3n) is 4.59. The zero-order chi connectivity index (χ0) is 15.3. The fourth-order valence-electron chi connectivity index (χ4n) is 3.19.